The summed E-state index contributed by atoms with van der Waals surface area (Å²) in [4.78, 5) is 23.0. The summed E-state index contributed by atoms with van der Waals surface area (Å²) in [5.41, 5.74) is 0.450. The summed E-state index contributed by atoms with van der Waals surface area (Å²) in [6.07, 6.45) is 18.8. The van der Waals surface area contributed by atoms with Crippen LogP contribution in [0, 0.1) is 5.92 Å². The molecule has 1 aliphatic heterocycles. The monoisotopic (exact) mass is 594 g/mol. The number of hydroxylamine groups is 2. The number of carbonyl (C=O) groups is 1. The van der Waals surface area contributed by atoms with E-state index >= 15 is 0 Å². The number of carbonyl (C=O) groups excluding carboxylic acids is 1. The highest BCUT2D eigenvalue weighted by atomic mass is 19.3. The van der Waals surface area contributed by atoms with Gasteiger partial charge in [0.15, 0.2) is 6.40 Å². The third-order valence-corrected chi connectivity index (χ3v) is 7.81. The first kappa shape index (κ1) is 34.2. The van der Waals surface area contributed by atoms with Gasteiger partial charge in [0.25, 0.3) is 5.91 Å². The van der Waals surface area contributed by atoms with Gasteiger partial charge in [0.05, 0.1) is 13.2 Å². The van der Waals surface area contributed by atoms with Crippen molar-refractivity contribution in [1.82, 2.24) is 5.06 Å². The van der Waals surface area contributed by atoms with E-state index in [1.54, 1.807) is 24.3 Å². The summed E-state index contributed by atoms with van der Waals surface area (Å²) in [5, 5.41) is 1.16. The zero-order valence-electron chi connectivity index (χ0n) is 25.4. The van der Waals surface area contributed by atoms with Crippen LogP contribution in [0.1, 0.15) is 132 Å². The highest BCUT2D eigenvalue weighted by molar-refractivity contribution is 5.93. The molecule has 1 aliphatic carbocycles. The lowest BCUT2D eigenvalue weighted by Gasteiger charge is -2.30. The Hall–Kier alpha value is -2.26. The summed E-state index contributed by atoms with van der Waals surface area (Å²) in [6.45, 7) is 1.10. The van der Waals surface area contributed by atoms with Crippen LogP contribution in [0.25, 0.3) is 0 Å². The van der Waals surface area contributed by atoms with Gasteiger partial charge in [-0.2, -0.15) is 5.06 Å². The summed E-state index contributed by atoms with van der Waals surface area (Å²) in [5.74, 6) is 1.40. The average Bonchev–Trinajstić information content (AvgIpc) is 3.83. The van der Waals surface area contributed by atoms with Gasteiger partial charge in [-0.15, -0.1) is 0 Å². The lowest BCUT2D eigenvalue weighted by molar-refractivity contribution is -0.290. The molecule has 1 atom stereocenters. The number of unbranched alkanes of at least 4 members (excludes halogenated alkanes) is 13. The molecule has 2 aliphatic rings. The molecule has 0 spiro atoms. The van der Waals surface area contributed by atoms with Gasteiger partial charge in [-0.3, -0.25) is 9.63 Å². The molecule has 0 N–H and O–H groups in total. The number of aliphatic imine (C=N–C) groups is 1. The lowest BCUT2D eigenvalue weighted by Crippen LogP contribution is -2.45. The number of hydrogen-bond acceptors (Lipinski definition) is 6. The summed E-state index contributed by atoms with van der Waals surface area (Å²) in [7, 11) is 0. The summed E-state index contributed by atoms with van der Waals surface area (Å²) < 4.78 is 41.0. The van der Waals surface area contributed by atoms with Crippen LogP contribution in [-0.2, 0) is 14.3 Å². The second-order valence-corrected chi connectivity index (χ2v) is 11.6. The van der Waals surface area contributed by atoms with Crippen molar-refractivity contribution in [2.45, 2.75) is 135 Å². The van der Waals surface area contributed by atoms with Gasteiger partial charge < -0.3 is 14.2 Å². The molecule has 1 fully saturated rings. The predicted octanol–water partition coefficient (Wildman–Crippen LogP) is 9.06. The number of hydrogen-bond donors (Lipinski definition) is 0. The molecule has 0 radical (unpaired) electrons. The average molecular weight is 595 g/mol. The SMILES string of the molecule is O=C(c1ccc(OCCCCCCCCCC(F)F)cc1)N(OCCCCCCCCCCC1CC1)C1OC=NCO1. The first-order valence-corrected chi connectivity index (χ1v) is 16.4. The first-order valence-electron chi connectivity index (χ1n) is 16.4. The molecule has 7 nitrogen and oxygen atoms in total. The molecule has 1 heterocycles. The van der Waals surface area contributed by atoms with Crippen molar-refractivity contribution in [2.75, 3.05) is 19.9 Å². The Morgan fingerprint density at radius 2 is 1.43 bits per heavy atom. The third-order valence-electron chi connectivity index (χ3n) is 7.81. The first-order chi connectivity index (χ1) is 20.6. The van der Waals surface area contributed by atoms with Crippen LogP contribution in [-0.4, -0.2) is 50.2 Å². The van der Waals surface area contributed by atoms with Gasteiger partial charge in [-0.25, -0.2) is 13.8 Å². The Balaban J connectivity index is 1.28. The number of nitrogens with zero attached hydrogens (tertiary/aromatic N) is 2. The Morgan fingerprint density at radius 3 is 2.02 bits per heavy atom. The van der Waals surface area contributed by atoms with E-state index in [0.717, 1.165) is 62.3 Å². The largest absolute Gasteiger partial charge is 0.494 e. The molecule has 0 saturated heterocycles. The molecule has 238 valence electrons. The van der Waals surface area contributed by atoms with Gasteiger partial charge >= 0.3 is 6.41 Å². The molecule has 1 amide bonds. The van der Waals surface area contributed by atoms with Crippen LogP contribution >= 0.6 is 0 Å². The molecule has 3 rings (SSSR count). The van der Waals surface area contributed by atoms with Crippen molar-refractivity contribution in [1.29, 1.82) is 0 Å². The zero-order valence-corrected chi connectivity index (χ0v) is 25.4. The van der Waals surface area contributed by atoms with Gasteiger partial charge in [-0.05, 0) is 49.4 Å². The van der Waals surface area contributed by atoms with Gasteiger partial charge in [0.1, 0.15) is 12.5 Å². The number of alkyl halides is 2. The fraction of sp³-hybridized carbons (Fsp3) is 0.758. The van der Waals surface area contributed by atoms with Crippen LogP contribution < -0.4 is 4.74 Å². The molecule has 1 aromatic rings. The molecule has 0 bridgehead atoms. The van der Waals surface area contributed by atoms with Crippen LogP contribution in [0.2, 0.25) is 0 Å². The van der Waals surface area contributed by atoms with Crippen molar-refractivity contribution in [3.05, 3.63) is 29.8 Å². The quantitative estimate of drug-likeness (QED) is 0.0834. The smallest absolute Gasteiger partial charge is 0.312 e. The highest BCUT2D eigenvalue weighted by Crippen LogP contribution is 2.34. The van der Waals surface area contributed by atoms with E-state index in [1.807, 2.05) is 0 Å². The van der Waals surface area contributed by atoms with E-state index in [2.05, 4.69) is 4.99 Å². The topological polar surface area (TPSA) is 69.6 Å². The Labute approximate surface area is 251 Å². The minimum atomic E-state index is -2.18. The van der Waals surface area contributed by atoms with Crippen LogP contribution in [0.3, 0.4) is 0 Å². The normalized spacial score (nSPS) is 16.5. The maximum Gasteiger partial charge on any atom is 0.312 e. The molecular formula is C33H52F2N2O5. The van der Waals surface area contributed by atoms with Gasteiger partial charge in [0.2, 0.25) is 6.43 Å². The standard InChI is InChI=1S/C33H52F2N2O5/c34-31(35)17-13-9-5-3-6-10-14-24-39-30-22-20-29(21-23-30)32(38)37(33-40-26-36-27-41-33)42-25-15-11-7-2-1-4-8-12-16-28-18-19-28/h20-23,26,28,31,33H,1-19,24-25,27H2. The van der Waals surface area contributed by atoms with Crippen molar-refractivity contribution < 1.29 is 32.6 Å². The Kier molecular flexibility index (Phi) is 17.5. The Morgan fingerprint density at radius 1 is 0.833 bits per heavy atom. The van der Waals surface area contributed by atoms with E-state index < -0.39 is 12.8 Å². The second-order valence-electron chi connectivity index (χ2n) is 11.6. The summed E-state index contributed by atoms with van der Waals surface area (Å²) in [6, 6.07) is 7.00. The number of amides is 1. The molecule has 1 unspecified atom stereocenters. The molecule has 1 aromatic carbocycles. The number of ether oxygens (including phenoxy) is 3. The Bertz CT molecular complexity index is 867. The highest BCUT2D eigenvalue weighted by Gasteiger charge is 2.29. The van der Waals surface area contributed by atoms with E-state index in [0.29, 0.717) is 30.9 Å². The third kappa shape index (κ3) is 15.3. The van der Waals surface area contributed by atoms with Crippen molar-refractivity contribution in [3.8, 4) is 5.75 Å². The van der Waals surface area contributed by atoms with Crippen LogP contribution in [0.4, 0.5) is 8.78 Å². The van der Waals surface area contributed by atoms with E-state index in [1.165, 1.54) is 64.2 Å². The van der Waals surface area contributed by atoms with Crippen LogP contribution in [0.5, 0.6) is 5.75 Å². The minimum absolute atomic E-state index is 0.0143. The maximum atomic E-state index is 13.3. The molecule has 9 heteroatoms. The molecule has 0 aromatic heterocycles. The fourth-order valence-electron chi connectivity index (χ4n) is 5.07. The minimum Gasteiger partial charge on any atom is -0.494 e. The van der Waals surface area contributed by atoms with E-state index in [-0.39, 0.29) is 19.1 Å². The zero-order chi connectivity index (χ0) is 29.7. The van der Waals surface area contributed by atoms with Crippen molar-refractivity contribution >= 4 is 12.3 Å². The van der Waals surface area contributed by atoms with E-state index in [4.69, 9.17) is 19.0 Å². The number of rotatable bonds is 25. The molecular weight excluding hydrogens is 542 g/mol. The molecule has 1 saturated carbocycles. The fourth-order valence-corrected chi connectivity index (χ4v) is 5.07. The van der Waals surface area contributed by atoms with Gasteiger partial charge in [0, 0.05) is 12.0 Å². The second kappa shape index (κ2) is 21.4. The van der Waals surface area contributed by atoms with Crippen molar-refractivity contribution in [3.63, 3.8) is 0 Å². The van der Waals surface area contributed by atoms with E-state index in [9.17, 15) is 13.6 Å². The number of benzene rings is 1. The van der Waals surface area contributed by atoms with Gasteiger partial charge in [-0.1, -0.05) is 96.3 Å². The predicted molar refractivity (Wildman–Crippen MR) is 161 cm³/mol. The lowest BCUT2D eigenvalue weighted by atomic mass is 10.1. The summed E-state index contributed by atoms with van der Waals surface area (Å²) >= 11 is 0. The van der Waals surface area contributed by atoms with Crippen LogP contribution in [0.15, 0.2) is 29.3 Å². The number of halogens is 2. The van der Waals surface area contributed by atoms with Crippen molar-refractivity contribution in [2.24, 2.45) is 10.9 Å². The maximum absolute atomic E-state index is 13.3. The molecule has 42 heavy (non-hydrogen) atoms.